The lowest BCUT2D eigenvalue weighted by atomic mass is 10.2. The van der Waals surface area contributed by atoms with E-state index in [4.69, 9.17) is 0 Å². The minimum absolute atomic E-state index is 0.308. The lowest BCUT2D eigenvalue weighted by molar-refractivity contribution is 0.112. The molecule has 0 aliphatic heterocycles. The molecule has 0 unspecified atom stereocenters. The van der Waals surface area contributed by atoms with Gasteiger partial charge in [0.15, 0.2) is 6.29 Å². The van der Waals surface area contributed by atoms with Gasteiger partial charge in [0.2, 0.25) is 0 Å². The number of halogens is 1. The van der Waals surface area contributed by atoms with E-state index in [2.05, 4.69) is 17.2 Å². The van der Waals surface area contributed by atoms with Gasteiger partial charge < -0.3 is 5.32 Å². The summed E-state index contributed by atoms with van der Waals surface area (Å²) in [6.07, 6.45) is 0.796. The molecule has 0 bridgehead atoms. The summed E-state index contributed by atoms with van der Waals surface area (Å²) in [5.41, 5.74) is 1.38. The van der Waals surface area contributed by atoms with E-state index in [-0.39, 0.29) is 5.82 Å². The number of hydrogen-bond acceptors (Lipinski definition) is 3. The van der Waals surface area contributed by atoms with Crippen LogP contribution in [0.1, 0.15) is 20.1 Å². The van der Waals surface area contributed by atoms with Crippen LogP contribution in [-0.2, 0) is 0 Å². The predicted molar refractivity (Wildman–Crippen MR) is 71.6 cm³/mol. The van der Waals surface area contributed by atoms with Gasteiger partial charge in [0.05, 0.1) is 15.4 Å². The monoisotopic (exact) mass is 259 g/mol. The number of benzene rings is 1. The van der Waals surface area contributed by atoms with Gasteiger partial charge in [-0.05, 0) is 24.3 Å². The Kier molecular flexibility index (Phi) is 3.75. The summed E-state index contributed by atoms with van der Waals surface area (Å²) in [5, 5.41) is 2.93. The molecule has 2 aromatic rings. The lowest BCUT2D eigenvalue weighted by Gasteiger charge is -1.92. The standard InChI is InChI=1S/C14H10FNOS/c1-16-13-8-12(18-14(13)9-17)6-5-10-3-2-4-11(15)7-10/h2-4,7-9,16H,1H3. The van der Waals surface area contributed by atoms with Crippen LogP contribution in [0.25, 0.3) is 0 Å². The second kappa shape index (κ2) is 5.48. The number of aldehydes is 1. The van der Waals surface area contributed by atoms with E-state index in [1.54, 1.807) is 25.2 Å². The van der Waals surface area contributed by atoms with E-state index >= 15 is 0 Å². The molecule has 1 heterocycles. The summed E-state index contributed by atoms with van der Waals surface area (Å²) in [7, 11) is 1.75. The van der Waals surface area contributed by atoms with Crippen LogP contribution >= 0.6 is 11.3 Å². The number of anilines is 1. The molecule has 1 aromatic carbocycles. The van der Waals surface area contributed by atoms with Gasteiger partial charge in [0, 0.05) is 12.6 Å². The van der Waals surface area contributed by atoms with Crippen LogP contribution < -0.4 is 5.32 Å². The average Bonchev–Trinajstić information content (AvgIpc) is 2.79. The van der Waals surface area contributed by atoms with Gasteiger partial charge in [0.1, 0.15) is 5.82 Å². The first-order chi connectivity index (χ1) is 8.72. The van der Waals surface area contributed by atoms with Crippen LogP contribution in [0.2, 0.25) is 0 Å². The number of carbonyl (C=O) groups is 1. The fourth-order valence-corrected chi connectivity index (χ4v) is 2.28. The molecule has 18 heavy (non-hydrogen) atoms. The summed E-state index contributed by atoms with van der Waals surface area (Å²) in [4.78, 5) is 12.2. The molecule has 0 aliphatic carbocycles. The third-order valence-corrected chi connectivity index (χ3v) is 3.27. The number of carbonyl (C=O) groups excluding carboxylic acids is 1. The van der Waals surface area contributed by atoms with Crippen LogP contribution in [0.3, 0.4) is 0 Å². The minimum atomic E-state index is -0.308. The van der Waals surface area contributed by atoms with Gasteiger partial charge in [-0.15, -0.1) is 11.3 Å². The summed E-state index contributed by atoms with van der Waals surface area (Å²) >= 11 is 1.31. The van der Waals surface area contributed by atoms with Crippen LogP contribution in [0.4, 0.5) is 10.1 Å². The molecule has 90 valence electrons. The smallest absolute Gasteiger partial charge is 0.162 e. The first kappa shape index (κ1) is 12.3. The fourth-order valence-electron chi connectivity index (χ4n) is 1.45. The largest absolute Gasteiger partial charge is 0.387 e. The average molecular weight is 259 g/mol. The van der Waals surface area contributed by atoms with Crippen molar-refractivity contribution in [2.45, 2.75) is 0 Å². The third kappa shape index (κ3) is 2.76. The highest BCUT2D eigenvalue weighted by molar-refractivity contribution is 7.14. The van der Waals surface area contributed by atoms with Crippen LogP contribution in [0.15, 0.2) is 30.3 Å². The summed E-state index contributed by atoms with van der Waals surface area (Å²) < 4.78 is 12.9. The Morgan fingerprint density at radius 3 is 2.78 bits per heavy atom. The second-order valence-corrected chi connectivity index (χ2v) is 4.60. The van der Waals surface area contributed by atoms with Gasteiger partial charge in [-0.1, -0.05) is 17.9 Å². The van der Waals surface area contributed by atoms with Crippen LogP contribution in [-0.4, -0.2) is 13.3 Å². The lowest BCUT2D eigenvalue weighted by Crippen LogP contribution is -1.87. The molecule has 0 radical (unpaired) electrons. The molecule has 0 spiro atoms. The van der Waals surface area contributed by atoms with E-state index in [1.165, 1.54) is 23.5 Å². The van der Waals surface area contributed by atoms with E-state index in [1.807, 2.05) is 0 Å². The Morgan fingerprint density at radius 1 is 1.33 bits per heavy atom. The minimum Gasteiger partial charge on any atom is -0.387 e. The van der Waals surface area contributed by atoms with Crippen molar-refractivity contribution >= 4 is 23.3 Å². The maximum Gasteiger partial charge on any atom is 0.162 e. The molecular weight excluding hydrogens is 249 g/mol. The molecular formula is C14H10FNOS. The molecule has 0 saturated carbocycles. The summed E-state index contributed by atoms with van der Waals surface area (Å²) in [6, 6.07) is 7.91. The second-order valence-electron chi connectivity index (χ2n) is 3.52. The fraction of sp³-hybridized carbons (Fsp3) is 0.0714. The van der Waals surface area contributed by atoms with Gasteiger partial charge in [-0.3, -0.25) is 4.79 Å². The molecule has 2 nitrogen and oxygen atoms in total. The predicted octanol–water partition coefficient (Wildman–Crippen LogP) is 3.14. The van der Waals surface area contributed by atoms with E-state index in [0.29, 0.717) is 10.4 Å². The Bertz CT molecular complexity index is 637. The molecule has 1 N–H and O–H groups in total. The van der Waals surface area contributed by atoms with Crippen molar-refractivity contribution < 1.29 is 9.18 Å². The molecule has 0 amide bonds. The maximum atomic E-state index is 12.9. The van der Waals surface area contributed by atoms with E-state index in [0.717, 1.165) is 16.9 Å². The molecule has 2 rings (SSSR count). The highest BCUT2D eigenvalue weighted by Gasteiger charge is 2.04. The van der Waals surface area contributed by atoms with Crippen molar-refractivity contribution in [3.8, 4) is 11.8 Å². The van der Waals surface area contributed by atoms with Gasteiger partial charge in [-0.2, -0.15) is 0 Å². The number of thiophene rings is 1. The Morgan fingerprint density at radius 2 is 2.17 bits per heavy atom. The zero-order valence-corrected chi connectivity index (χ0v) is 10.5. The number of hydrogen-bond donors (Lipinski definition) is 1. The third-order valence-electron chi connectivity index (χ3n) is 2.29. The molecule has 0 aliphatic rings. The quantitative estimate of drug-likeness (QED) is 0.663. The van der Waals surface area contributed by atoms with Crippen molar-refractivity contribution in [1.82, 2.24) is 0 Å². The molecule has 0 saturated heterocycles. The van der Waals surface area contributed by atoms with Crippen molar-refractivity contribution in [3.05, 3.63) is 51.5 Å². The number of nitrogens with one attached hydrogen (secondary N) is 1. The SMILES string of the molecule is CNc1cc(C#Cc2cccc(F)c2)sc1C=O. The zero-order chi connectivity index (χ0) is 13.0. The van der Waals surface area contributed by atoms with Crippen molar-refractivity contribution in [1.29, 1.82) is 0 Å². The molecule has 0 atom stereocenters. The summed E-state index contributed by atoms with van der Waals surface area (Å²) in [6.45, 7) is 0. The topological polar surface area (TPSA) is 29.1 Å². The van der Waals surface area contributed by atoms with Crippen molar-refractivity contribution in [2.24, 2.45) is 0 Å². The Balaban J connectivity index is 2.30. The number of rotatable bonds is 2. The first-order valence-electron chi connectivity index (χ1n) is 5.27. The van der Waals surface area contributed by atoms with Gasteiger partial charge in [-0.25, -0.2) is 4.39 Å². The normalized spacial score (nSPS) is 9.44. The zero-order valence-electron chi connectivity index (χ0n) is 9.66. The molecule has 1 aromatic heterocycles. The van der Waals surface area contributed by atoms with Gasteiger partial charge in [0.25, 0.3) is 0 Å². The van der Waals surface area contributed by atoms with E-state index < -0.39 is 0 Å². The van der Waals surface area contributed by atoms with E-state index in [9.17, 15) is 9.18 Å². The Hall–Kier alpha value is -2.12. The molecule has 0 fully saturated rings. The molecule has 4 heteroatoms. The van der Waals surface area contributed by atoms with Crippen molar-refractivity contribution in [2.75, 3.05) is 12.4 Å². The summed E-state index contributed by atoms with van der Waals surface area (Å²) in [5.74, 6) is 5.48. The highest BCUT2D eigenvalue weighted by Crippen LogP contribution is 2.24. The highest BCUT2D eigenvalue weighted by atomic mass is 32.1. The van der Waals surface area contributed by atoms with Gasteiger partial charge >= 0.3 is 0 Å². The first-order valence-corrected chi connectivity index (χ1v) is 6.09. The van der Waals surface area contributed by atoms with Crippen molar-refractivity contribution in [3.63, 3.8) is 0 Å². The Labute approximate surface area is 108 Å². The maximum absolute atomic E-state index is 12.9. The van der Waals surface area contributed by atoms with Crippen LogP contribution in [0, 0.1) is 17.7 Å². The van der Waals surface area contributed by atoms with Crippen LogP contribution in [0.5, 0.6) is 0 Å².